The van der Waals surface area contributed by atoms with Gasteiger partial charge in [-0.15, -0.1) is 0 Å². The first-order valence-electron chi connectivity index (χ1n) is 37.5. The third-order valence-electron chi connectivity index (χ3n) is 20.5. The maximum atomic E-state index is 13.6. The number of rotatable bonds is 10. The summed E-state index contributed by atoms with van der Waals surface area (Å²) in [4.78, 5) is 49.8. The zero-order chi connectivity index (χ0) is 91.0. The molecule has 17 rings (SSSR count). The molecule has 2 aliphatic heterocycles. The lowest BCUT2D eigenvalue weighted by Crippen LogP contribution is -2.61. The monoisotopic (exact) mass is 1740 g/mol. The van der Waals surface area contributed by atoms with Gasteiger partial charge in [0.25, 0.3) is 0 Å². The summed E-state index contributed by atoms with van der Waals surface area (Å²) in [7, 11) is 0. The molecular formula is C88H76O38. The first kappa shape index (κ1) is 88.3. The number of benzene rings is 10. The van der Waals surface area contributed by atoms with Crippen LogP contribution in [0.4, 0.5) is 0 Å². The normalized spacial score (nSPS) is 20.0. The molecule has 1 unspecified atom stereocenters. The summed E-state index contributed by atoms with van der Waals surface area (Å²) in [6.45, 7) is 1.17. The van der Waals surface area contributed by atoms with Gasteiger partial charge < -0.3 is 169 Å². The molecule has 12 atom stereocenters. The highest BCUT2D eigenvalue weighted by molar-refractivity contribution is 5.93. The minimum Gasteiger partial charge on any atom is -0.508 e. The number of aliphatic hydroxyl groups excluding tert-OH is 7. The highest BCUT2D eigenvalue weighted by Gasteiger charge is 2.48. The van der Waals surface area contributed by atoms with Crippen LogP contribution in [0.3, 0.4) is 0 Å². The number of aromatic hydroxyl groups is 19. The molecule has 126 heavy (non-hydrogen) atoms. The van der Waals surface area contributed by atoms with Crippen molar-refractivity contribution in [2.45, 2.75) is 87.1 Å². The van der Waals surface area contributed by atoms with E-state index in [-0.39, 0.29) is 114 Å². The van der Waals surface area contributed by atoms with E-state index in [1.165, 1.54) is 66.7 Å². The van der Waals surface area contributed by atoms with E-state index in [2.05, 4.69) is 0 Å². The number of hydrogen-bond acceptors (Lipinski definition) is 38. The van der Waals surface area contributed by atoms with Crippen molar-refractivity contribution in [2.24, 2.45) is 5.92 Å². The molecule has 26 N–H and O–H groups in total. The van der Waals surface area contributed by atoms with Crippen LogP contribution in [0.5, 0.6) is 121 Å². The molecule has 1 aliphatic carbocycles. The van der Waals surface area contributed by atoms with Crippen LogP contribution in [0.2, 0.25) is 0 Å². The minimum absolute atomic E-state index is 0.00385. The molecule has 1 saturated carbocycles. The Labute approximate surface area is 703 Å². The molecule has 10 aromatic carbocycles. The Morgan fingerprint density at radius 2 is 0.881 bits per heavy atom. The van der Waals surface area contributed by atoms with Gasteiger partial charge in [-0.1, -0.05) is 73.7 Å². The van der Waals surface area contributed by atoms with E-state index in [1.54, 1.807) is 31.2 Å². The highest BCUT2D eigenvalue weighted by atomic mass is 16.7. The number of phenolic OH excluding ortho intramolecular Hbond substituents is 18. The van der Waals surface area contributed by atoms with Crippen molar-refractivity contribution in [1.29, 1.82) is 0 Å². The van der Waals surface area contributed by atoms with Crippen molar-refractivity contribution >= 4 is 43.9 Å². The van der Waals surface area contributed by atoms with Gasteiger partial charge in [-0.2, -0.15) is 0 Å². The summed E-state index contributed by atoms with van der Waals surface area (Å²) >= 11 is 0. The van der Waals surface area contributed by atoms with E-state index in [0.717, 1.165) is 54.1 Å². The standard InChI is InChI=1S/C28H32O15.C15H10O8.C15H14O6.C15H10O5.C15H10O4/c1-9-4-16(20(34)23(37)19(9)33)40-8-17-21(35)24(38)25(39)28(42-17)43-27-22(36)18-14(32)6-11(29)7-15(18)41-26(27)10-2-3-12(30)13(31)5-10;16-5-1-2-6(7(17)3-5)15-14(22)13(21)10-9(23-15)4-8(18)11(19)12(10)20;16-8-4-11(18)9-6-13(20)15(21-14(9)5-8)7-1-2-10(17)12(19)3-7;16-9-6-11(8-4-2-1-3-5-8)20-12-7-10(17)14(18)15(19)13(9)12;16-10-6-11(17)15-12(18)8-13(19-14(15)7-10)9-4-2-1-3-5-9/h2-3,5-7,9,16-17,19-21,23-25,28-35,37-39H,4,8H2,1H3;1-4,16-20,22H;1-5,13,15-20H,6H2;1-7,17-19H;1-8,16-17H/t9-,16-,17-,19+,20+,21-,23+,24-,25-,28+;;13-,15?;;/m1.0../s1. The van der Waals surface area contributed by atoms with Crippen molar-refractivity contribution in [3.8, 4) is 166 Å². The Bertz CT molecular complexity index is 6730. The summed E-state index contributed by atoms with van der Waals surface area (Å²) in [5.41, 5.74) is -1.12. The lowest BCUT2D eigenvalue weighted by Gasteiger charge is -2.42. The Morgan fingerprint density at radius 1 is 0.373 bits per heavy atom. The fraction of sp³-hybridized carbons (Fsp3) is 0.182. The molecule has 0 amide bonds. The molecule has 1 saturated heterocycles. The number of phenols is 18. The predicted molar refractivity (Wildman–Crippen MR) is 438 cm³/mol. The molecular weight excluding hydrogens is 1660 g/mol. The molecule has 656 valence electrons. The lowest BCUT2D eigenvalue weighted by molar-refractivity contribution is -0.285. The smallest absolute Gasteiger partial charge is 0.239 e. The number of ether oxygens (including phenoxy) is 4. The average Bonchev–Trinajstić information content (AvgIpc) is 0.765. The second kappa shape index (κ2) is 35.9. The Hall–Kier alpha value is -15.5. The third kappa shape index (κ3) is 17.9. The van der Waals surface area contributed by atoms with Crippen molar-refractivity contribution in [3.63, 3.8) is 0 Å². The molecule has 4 aromatic heterocycles. The second-order valence-electron chi connectivity index (χ2n) is 29.1. The van der Waals surface area contributed by atoms with Crippen LogP contribution >= 0.6 is 0 Å². The lowest BCUT2D eigenvalue weighted by atomic mass is 9.82. The van der Waals surface area contributed by atoms with E-state index < -0.39 is 187 Å². The summed E-state index contributed by atoms with van der Waals surface area (Å²) < 4.78 is 44.8. The Balaban J connectivity index is 0.000000141. The van der Waals surface area contributed by atoms with Crippen LogP contribution in [-0.2, 0) is 15.9 Å². The van der Waals surface area contributed by atoms with Crippen molar-refractivity contribution in [1.82, 2.24) is 0 Å². The molecule has 0 spiro atoms. The molecule has 3 aliphatic rings. The van der Waals surface area contributed by atoms with Crippen LogP contribution in [0.25, 0.3) is 89.2 Å². The van der Waals surface area contributed by atoms with Gasteiger partial charge in [-0.05, 0) is 60.4 Å². The summed E-state index contributed by atoms with van der Waals surface area (Å²) in [5, 5.41) is 255. The SMILES string of the molecule is C[C@@H]1C[C@@H](OC[C@H]2O[C@@H](Oc3c(-c4ccc(O)c(O)c4)oc4cc(O)cc(O)c4c3=O)[C@H](O)[C@H](O)[C@@H]2O)[C@H](O)[C@@H](O)[C@H]1O.O=c1c(O)c(-c2ccc(O)cc2O)oc2cc(O)c(O)c(O)c12.O=c1cc(-c2ccccc2)oc2cc(O)c(O)c(O)c12.O=c1cc(-c2ccccc2)oc2cc(O)cc(O)c12.Oc1cc(O)c2c(c1)OC(c1ccc(O)c(O)c1)[C@@H](O)C2. The molecule has 2 fully saturated rings. The van der Waals surface area contributed by atoms with Gasteiger partial charge in [0.05, 0.1) is 30.5 Å². The van der Waals surface area contributed by atoms with E-state index >= 15 is 0 Å². The van der Waals surface area contributed by atoms with E-state index in [9.17, 15) is 152 Å². The molecule has 0 radical (unpaired) electrons. The van der Waals surface area contributed by atoms with Gasteiger partial charge in [-0.25, -0.2) is 0 Å². The average molecular weight is 1740 g/mol. The Kier molecular flexibility index (Phi) is 25.1. The van der Waals surface area contributed by atoms with Crippen LogP contribution in [-0.4, -0.2) is 201 Å². The van der Waals surface area contributed by atoms with Crippen LogP contribution in [0.1, 0.15) is 30.6 Å². The number of fused-ring (bicyclic) bond motifs is 5. The fourth-order valence-electron chi connectivity index (χ4n) is 14.0. The van der Waals surface area contributed by atoms with E-state index in [1.807, 2.05) is 36.4 Å². The topological polar surface area (TPSA) is 684 Å². The molecule has 14 aromatic rings. The molecule has 0 bridgehead atoms. The number of hydrogen-bond donors (Lipinski definition) is 26. The van der Waals surface area contributed by atoms with Gasteiger partial charge in [0.2, 0.25) is 40.1 Å². The van der Waals surface area contributed by atoms with Gasteiger partial charge in [-0.3, -0.25) is 19.2 Å². The largest absolute Gasteiger partial charge is 0.508 e. The minimum atomic E-state index is -1.94. The quantitative estimate of drug-likeness (QED) is 0.0584. The zero-order valence-electron chi connectivity index (χ0n) is 64.8. The van der Waals surface area contributed by atoms with E-state index in [4.69, 9.17) is 36.6 Å². The van der Waals surface area contributed by atoms with E-state index in [0.29, 0.717) is 28.2 Å². The van der Waals surface area contributed by atoms with Crippen LogP contribution < -0.4 is 31.2 Å². The van der Waals surface area contributed by atoms with Gasteiger partial charge in [0.15, 0.2) is 68.4 Å². The molecule has 38 nitrogen and oxygen atoms in total. The molecule has 6 heterocycles. The number of aliphatic hydroxyl groups is 7. The highest BCUT2D eigenvalue weighted by Crippen LogP contribution is 2.48. The maximum absolute atomic E-state index is 13.6. The first-order valence-corrected chi connectivity index (χ1v) is 37.5. The zero-order valence-corrected chi connectivity index (χ0v) is 64.8. The molecule has 38 heteroatoms. The van der Waals surface area contributed by atoms with Crippen molar-refractivity contribution < 1.29 is 169 Å². The van der Waals surface area contributed by atoms with Crippen molar-refractivity contribution in [2.75, 3.05) is 6.61 Å². The second-order valence-corrected chi connectivity index (χ2v) is 29.1. The van der Waals surface area contributed by atoms with Crippen molar-refractivity contribution in [3.05, 3.63) is 228 Å². The van der Waals surface area contributed by atoms with Crippen LogP contribution in [0, 0.1) is 5.92 Å². The van der Waals surface area contributed by atoms with Crippen LogP contribution in [0.15, 0.2) is 213 Å². The summed E-state index contributed by atoms with van der Waals surface area (Å²) in [6.07, 6.45) is -15.3. The van der Waals surface area contributed by atoms with Gasteiger partial charge in [0, 0.05) is 95.4 Å². The Morgan fingerprint density at radius 3 is 1.47 bits per heavy atom. The predicted octanol–water partition coefficient (Wildman–Crippen LogP) is 7.66. The third-order valence-corrected chi connectivity index (χ3v) is 20.5. The maximum Gasteiger partial charge on any atom is 0.239 e. The summed E-state index contributed by atoms with van der Waals surface area (Å²) in [6, 6.07) is 40.4. The fourth-order valence-corrected chi connectivity index (χ4v) is 14.0. The summed E-state index contributed by atoms with van der Waals surface area (Å²) in [5.74, 6) is -10.6. The van der Waals surface area contributed by atoms with Gasteiger partial charge >= 0.3 is 0 Å². The van der Waals surface area contributed by atoms with Gasteiger partial charge in [0.1, 0.15) is 150 Å². The first-order chi connectivity index (χ1) is 59.8.